The third-order valence-electron chi connectivity index (χ3n) is 10.1. The summed E-state index contributed by atoms with van der Waals surface area (Å²) in [5.41, 5.74) is 1.73. The van der Waals surface area contributed by atoms with Gasteiger partial charge in [-0.05, 0) is 37.8 Å². The van der Waals surface area contributed by atoms with Gasteiger partial charge in [0, 0.05) is 38.3 Å². The number of piperazine rings is 2. The first-order valence-electron chi connectivity index (χ1n) is 17.0. The third kappa shape index (κ3) is 9.60. The Morgan fingerprint density at radius 2 is 0.957 bits per heavy atom. The largest absolute Gasteiger partial charge is 0.496 e. The van der Waals surface area contributed by atoms with Gasteiger partial charge in [0.25, 0.3) is 11.4 Å². The monoisotopic (exact) mass is 642 g/mol. The normalized spacial score (nSPS) is 17.3. The lowest BCUT2D eigenvalue weighted by atomic mass is 10.0. The number of benzene rings is 2. The predicted molar refractivity (Wildman–Crippen MR) is 179 cm³/mol. The fourth-order valence-electron chi connectivity index (χ4n) is 7.44. The first-order valence-corrected chi connectivity index (χ1v) is 17.0. The molecule has 0 aromatic heterocycles. The SMILES string of the molecule is COc1cccc([N+](=O)[O-])c1C[N+]1(CCCCCCCCCC[N+]2(Cc3c(OC)cccc3[N+](=O)[O-])CCNCC2)CCNCC1. The van der Waals surface area contributed by atoms with Gasteiger partial charge in [-0.25, -0.2) is 0 Å². The summed E-state index contributed by atoms with van der Waals surface area (Å²) in [6.45, 7) is 10.9. The molecule has 0 radical (unpaired) electrons. The number of nitro benzene ring substituents is 2. The highest BCUT2D eigenvalue weighted by molar-refractivity contribution is 5.49. The zero-order chi connectivity index (χ0) is 32.8. The molecule has 46 heavy (non-hydrogen) atoms. The fourth-order valence-corrected chi connectivity index (χ4v) is 7.44. The Balaban J connectivity index is 1.20. The summed E-state index contributed by atoms with van der Waals surface area (Å²) in [6, 6.07) is 10.2. The maximum atomic E-state index is 11.8. The van der Waals surface area contributed by atoms with Crippen molar-refractivity contribution >= 4 is 11.4 Å². The number of methoxy groups -OCH3 is 2. The van der Waals surface area contributed by atoms with Gasteiger partial charge in [0.15, 0.2) is 0 Å². The molecule has 12 nitrogen and oxygen atoms in total. The van der Waals surface area contributed by atoms with E-state index < -0.39 is 0 Å². The van der Waals surface area contributed by atoms with E-state index in [1.807, 2.05) is 12.1 Å². The minimum absolute atomic E-state index is 0.154. The predicted octanol–water partition coefficient (Wildman–Crippen LogP) is 5.18. The van der Waals surface area contributed by atoms with Gasteiger partial charge in [0.2, 0.25) is 0 Å². The minimum Gasteiger partial charge on any atom is -0.496 e. The van der Waals surface area contributed by atoms with Gasteiger partial charge < -0.3 is 29.1 Å². The number of rotatable bonds is 19. The number of unbranched alkanes of at least 4 members (excludes halogenated alkanes) is 7. The summed E-state index contributed by atoms with van der Waals surface area (Å²) in [6.07, 6.45) is 9.43. The van der Waals surface area contributed by atoms with E-state index in [0.29, 0.717) is 35.7 Å². The van der Waals surface area contributed by atoms with Gasteiger partial charge >= 0.3 is 0 Å². The molecule has 2 fully saturated rings. The molecule has 12 heteroatoms. The Morgan fingerprint density at radius 3 is 1.28 bits per heavy atom. The molecular formula is C34H54N6O6+2. The van der Waals surface area contributed by atoms with Gasteiger partial charge in [0.1, 0.15) is 35.7 Å². The van der Waals surface area contributed by atoms with Crippen LogP contribution in [0.3, 0.4) is 0 Å². The van der Waals surface area contributed by atoms with E-state index in [0.717, 1.165) is 87.3 Å². The summed E-state index contributed by atoms with van der Waals surface area (Å²) < 4.78 is 12.8. The number of hydrogen-bond acceptors (Lipinski definition) is 8. The van der Waals surface area contributed by atoms with E-state index in [1.165, 1.54) is 38.5 Å². The van der Waals surface area contributed by atoms with Crippen LogP contribution in [0.2, 0.25) is 0 Å². The van der Waals surface area contributed by atoms with E-state index in [-0.39, 0.29) is 21.2 Å². The molecule has 2 aromatic carbocycles. The second kappa shape index (κ2) is 17.6. The lowest BCUT2D eigenvalue weighted by Gasteiger charge is -2.42. The molecule has 0 aliphatic carbocycles. The Kier molecular flexibility index (Phi) is 13.6. The molecule has 2 N–H and O–H groups in total. The lowest BCUT2D eigenvalue weighted by Crippen LogP contribution is -2.58. The number of ether oxygens (including phenoxy) is 2. The molecule has 0 saturated carbocycles. The molecule has 0 atom stereocenters. The van der Waals surface area contributed by atoms with Crippen molar-refractivity contribution in [1.82, 2.24) is 10.6 Å². The zero-order valence-electron chi connectivity index (χ0n) is 27.8. The van der Waals surface area contributed by atoms with E-state index in [1.54, 1.807) is 38.5 Å². The van der Waals surface area contributed by atoms with Crippen LogP contribution in [0.1, 0.15) is 62.5 Å². The van der Waals surface area contributed by atoms with Crippen LogP contribution in [0.25, 0.3) is 0 Å². The summed E-state index contributed by atoms with van der Waals surface area (Å²) in [7, 11) is 3.18. The van der Waals surface area contributed by atoms with Crippen molar-refractivity contribution in [3.8, 4) is 11.5 Å². The van der Waals surface area contributed by atoms with Gasteiger partial charge in [0.05, 0.1) is 63.3 Å². The van der Waals surface area contributed by atoms with Crippen molar-refractivity contribution in [3.05, 3.63) is 67.8 Å². The Labute approximate surface area is 273 Å². The average Bonchev–Trinajstić information content (AvgIpc) is 3.06. The summed E-state index contributed by atoms with van der Waals surface area (Å²) in [5.74, 6) is 1.22. The standard InChI is InChI=1S/C34H54N6O6/c1-45-33-15-11-13-31(37(41)42)29(33)27-39(23-17-35-18-24-39)21-9-7-5-3-4-6-8-10-22-40(25-19-36-20-26-40)28-30-32(38(43)44)14-12-16-34(30)46-2/h11-16,35-36H,3-10,17-28H2,1-2H3/q+2. The second-order valence-corrected chi connectivity index (χ2v) is 13.1. The summed E-state index contributed by atoms with van der Waals surface area (Å²) in [5, 5.41) is 30.5. The molecule has 2 saturated heterocycles. The Hall–Kier alpha value is -3.32. The number of quaternary nitrogens is 2. The van der Waals surface area contributed by atoms with Gasteiger partial charge in [-0.1, -0.05) is 37.8 Å². The topological polar surface area (TPSA) is 129 Å². The van der Waals surface area contributed by atoms with Crippen LogP contribution >= 0.6 is 0 Å². The average molecular weight is 643 g/mol. The van der Waals surface area contributed by atoms with Crippen LogP contribution in [0.5, 0.6) is 11.5 Å². The van der Waals surface area contributed by atoms with Gasteiger partial charge in [-0.15, -0.1) is 0 Å². The molecule has 0 amide bonds. The van der Waals surface area contributed by atoms with Crippen LogP contribution in [-0.2, 0) is 13.1 Å². The van der Waals surface area contributed by atoms with Crippen molar-refractivity contribution < 1.29 is 28.3 Å². The van der Waals surface area contributed by atoms with Gasteiger partial charge in [-0.3, -0.25) is 20.2 Å². The van der Waals surface area contributed by atoms with E-state index in [4.69, 9.17) is 9.47 Å². The molecule has 0 bridgehead atoms. The molecular weight excluding hydrogens is 588 g/mol. The number of nitrogens with one attached hydrogen (secondary N) is 2. The highest BCUT2D eigenvalue weighted by atomic mass is 16.6. The fraction of sp³-hybridized carbons (Fsp3) is 0.647. The number of nitrogens with zero attached hydrogens (tertiary/aromatic N) is 4. The van der Waals surface area contributed by atoms with E-state index >= 15 is 0 Å². The van der Waals surface area contributed by atoms with Crippen LogP contribution in [-0.4, -0.2) is 98.5 Å². The highest BCUT2D eigenvalue weighted by Crippen LogP contribution is 2.34. The van der Waals surface area contributed by atoms with Crippen molar-refractivity contribution in [2.45, 2.75) is 64.5 Å². The number of nitro groups is 2. The lowest BCUT2D eigenvalue weighted by molar-refractivity contribution is -0.942. The molecule has 254 valence electrons. The summed E-state index contributed by atoms with van der Waals surface area (Å²) in [4.78, 5) is 23.0. The molecule has 4 rings (SSSR count). The van der Waals surface area contributed by atoms with Crippen molar-refractivity contribution in [1.29, 1.82) is 0 Å². The van der Waals surface area contributed by atoms with Crippen LogP contribution in [0.15, 0.2) is 36.4 Å². The van der Waals surface area contributed by atoms with Crippen LogP contribution in [0, 0.1) is 20.2 Å². The zero-order valence-corrected chi connectivity index (χ0v) is 27.8. The molecule has 2 aliphatic heterocycles. The molecule has 2 aromatic rings. The van der Waals surface area contributed by atoms with Crippen molar-refractivity contribution in [2.24, 2.45) is 0 Å². The first-order chi connectivity index (χ1) is 22.3. The highest BCUT2D eigenvalue weighted by Gasteiger charge is 2.35. The molecule has 2 heterocycles. The third-order valence-corrected chi connectivity index (χ3v) is 10.1. The molecule has 2 aliphatic rings. The van der Waals surface area contributed by atoms with Crippen LogP contribution in [0.4, 0.5) is 11.4 Å². The molecule has 0 spiro atoms. The Bertz CT molecular complexity index is 1180. The maximum Gasteiger partial charge on any atom is 0.282 e. The van der Waals surface area contributed by atoms with Gasteiger partial charge in [-0.2, -0.15) is 0 Å². The second-order valence-electron chi connectivity index (χ2n) is 13.1. The summed E-state index contributed by atoms with van der Waals surface area (Å²) >= 11 is 0. The van der Waals surface area contributed by atoms with Crippen molar-refractivity contribution in [3.63, 3.8) is 0 Å². The molecule has 0 unspecified atom stereocenters. The quantitative estimate of drug-likeness (QED) is 0.0929. The first kappa shape index (κ1) is 35.5. The van der Waals surface area contributed by atoms with Crippen LogP contribution < -0.4 is 20.1 Å². The van der Waals surface area contributed by atoms with E-state index in [9.17, 15) is 20.2 Å². The minimum atomic E-state index is -0.283. The maximum absolute atomic E-state index is 11.8. The van der Waals surface area contributed by atoms with Crippen molar-refractivity contribution in [2.75, 3.05) is 79.7 Å². The van der Waals surface area contributed by atoms with E-state index in [2.05, 4.69) is 10.6 Å². The Morgan fingerprint density at radius 1 is 0.609 bits per heavy atom. The number of hydrogen-bond donors (Lipinski definition) is 2. The smallest absolute Gasteiger partial charge is 0.282 e.